The Kier molecular flexibility index (Phi) is 4.12. The highest BCUT2D eigenvalue weighted by molar-refractivity contribution is 5.86. The number of phenolic OH excluding ortho intramolecular Hbond substituents is 1. The monoisotopic (exact) mass is 279 g/mol. The lowest BCUT2D eigenvalue weighted by molar-refractivity contribution is -0.141. The first kappa shape index (κ1) is 14.2. The number of carbonyl (C=O) groups excluding carboxylic acids is 1. The van der Waals surface area contributed by atoms with Crippen molar-refractivity contribution in [2.45, 2.75) is 19.9 Å². The third-order valence-corrected chi connectivity index (χ3v) is 3.26. The van der Waals surface area contributed by atoms with Crippen molar-refractivity contribution in [2.75, 3.05) is 13.2 Å². The molecule has 0 aromatic heterocycles. The third kappa shape index (κ3) is 3.01. The number of phenols is 1. The smallest absolute Gasteiger partial charge is 0.308 e. The average molecular weight is 279 g/mol. The molecule has 2 N–H and O–H groups in total. The lowest BCUT2D eigenvalue weighted by Crippen LogP contribution is -2.25. The van der Waals surface area contributed by atoms with Crippen LogP contribution in [0.3, 0.4) is 0 Å². The number of rotatable bonds is 5. The molecule has 1 aliphatic heterocycles. The highest BCUT2D eigenvalue weighted by Crippen LogP contribution is 2.28. The maximum absolute atomic E-state index is 11.8. The topological polar surface area (TPSA) is 87.1 Å². The molecule has 1 heterocycles. The van der Waals surface area contributed by atoms with Crippen molar-refractivity contribution in [3.05, 3.63) is 23.8 Å². The van der Waals surface area contributed by atoms with Crippen LogP contribution in [-0.2, 0) is 16.1 Å². The summed E-state index contributed by atoms with van der Waals surface area (Å²) in [7, 11) is 0. The molecule has 1 unspecified atom stereocenters. The van der Waals surface area contributed by atoms with Crippen LogP contribution in [-0.4, -0.2) is 40.1 Å². The van der Waals surface area contributed by atoms with Crippen LogP contribution in [0.25, 0.3) is 0 Å². The molecule has 1 aromatic carbocycles. The summed E-state index contributed by atoms with van der Waals surface area (Å²) < 4.78 is 5.28. The van der Waals surface area contributed by atoms with E-state index in [4.69, 9.17) is 9.84 Å². The molecular formula is C14H17NO5. The molecule has 6 nitrogen and oxygen atoms in total. The fraction of sp³-hybridized carbons (Fsp3) is 0.429. The zero-order valence-electron chi connectivity index (χ0n) is 11.2. The summed E-state index contributed by atoms with van der Waals surface area (Å²) >= 11 is 0. The van der Waals surface area contributed by atoms with Gasteiger partial charge < -0.3 is 19.8 Å². The van der Waals surface area contributed by atoms with Crippen molar-refractivity contribution in [1.82, 2.24) is 4.90 Å². The molecule has 0 saturated carbocycles. The molecule has 0 radical (unpaired) electrons. The molecule has 1 amide bonds. The van der Waals surface area contributed by atoms with Crippen molar-refractivity contribution in [2.24, 2.45) is 5.92 Å². The first-order valence-electron chi connectivity index (χ1n) is 6.46. The molecule has 1 aliphatic rings. The van der Waals surface area contributed by atoms with E-state index in [1.54, 1.807) is 12.1 Å². The molecule has 0 spiro atoms. The van der Waals surface area contributed by atoms with E-state index in [0.29, 0.717) is 18.9 Å². The number of ether oxygens (including phenoxy) is 1. The van der Waals surface area contributed by atoms with Crippen molar-refractivity contribution in [3.63, 3.8) is 0 Å². The number of amides is 1. The highest BCUT2D eigenvalue weighted by atomic mass is 16.5. The van der Waals surface area contributed by atoms with Gasteiger partial charge in [-0.3, -0.25) is 9.59 Å². The molecule has 1 fully saturated rings. The molecule has 0 aliphatic carbocycles. The SMILES string of the molecule is CCOc1cc(CN2CC(C(=O)O)CC2=O)ccc1O. The number of carboxylic acids is 1. The highest BCUT2D eigenvalue weighted by Gasteiger charge is 2.34. The lowest BCUT2D eigenvalue weighted by Gasteiger charge is -2.17. The number of benzene rings is 1. The predicted molar refractivity (Wildman–Crippen MR) is 70.4 cm³/mol. The summed E-state index contributed by atoms with van der Waals surface area (Å²) in [6.45, 7) is 2.79. The Bertz CT molecular complexity index is 528. The molecule has 108 valence electrons. The van der Waals surface area contributed by atoms with E-state index in [1.807, 2.05) is 6.92 Å². The van der Waals surface area contributed by atoms with E-state index in [-0.39, 0.29) is 24.6 Å². The Morgan fingerprint density at radius 1 is 1.50 bits per heavy atom. The first-order valence-corrected chi connectivity index (χ1v) is 6.46. The second-order valence-corrected chi connectivity index (χ2v) is 4.75. The number of likely N-dealkylation sites (tertiary alicyclic amines) is 1. The number of hydrogen-bond acceptors (Lipinski definition) is 4. The van der Waals surface area contributed by atoms with Gasteiger partial charge in [-0.05, 0) is 24.6 Å². The summed E-state index contributed by atoms with van der Waals surface area (Å²) in [5.41, 5.74) is 0.797. The van der Waals surface area contributed by atoms with Gasteiger partial charge in [0.1, 0.15) is 0 Å². The van der Waals surface area contributed by atoms with Crippen LogP contribution >= 0.6 is 0 Å². The fourth-order valence-electron chi connectivity index (χ4n) is 2.24. The van der Waals surface area contributed by atoms with Crippen LogP contribution < -0.4 is 4.74 Å². The molecule has 6 heteroatoms. The van der Waals surface area contributed by atoms with Gasteiger partial charge in [0.05, 0.1) is 12.5 Å². The Labute approximate surface area is 116 Å². The number of carboxylic acid groups (broad SMARTS) is 1. The Balaban J connectivity index is 2.08. The van der Waals surface area contributed by atoms with Gasteiger partial charge in [0.15, 0.2) is 11.5 Å². The van der Waals surface area contributed by atoms with E-state index >= 15 is 0 Å². The fourth-order valence-corrected chi connectivity index (χ4v) is 2.24. The summed E-state index contributed by atoms with van der Waals surface area (Å²) in [6.07, 6.45) is 0.0474. The van der Waals surface area contributed by atoms with Crippen molar-refractivity contribution < 1.29 is 24.5 Å². The molecule has 0 bridgehead atoms. The van der Waals surface area contributed by atoms with Crippen molar-refractivity contribution >= 4 is 11.9 Å². The second-order valence-electron chi connectivity index (χ2n) is 4.75. The average Bonchev–Trinajstić information content (AvgIpc) is 2.76. The van der Waals surface area contributed by atoms with Crippen LogP contribution in [0.4, 0.5) is 0 Å². The summed E-state index contributed by atoms with van der Waals surface area (Å²) in [6, 6.07) is 4.87. The van der Waals surface area contributed by atoms with Crippen LogP contribution in [0.2, 0.25) is 0 Å². The number of nitrogens with zero attached hydrogens (tertiary/aromatic N) is 1. The van der Waals surface area contributed by atoms with Crippen molar-refractivity contribution in [3.8, 4) is 11.5 Å². The van der Waals surface area contributed by atoms with Gasteiger partial charge in [-0.25, -0.2) is 0 Å². The van der Waals surface area contributed by atoms with Gasteiger partial charge in [-0.2, -0.15) is 0 Å². The third-order valence-electron chi connectivity index (χ3n) is 3.26. The van der Waals surface area contributed by atoms with Gasteiger partial charge >= 0.3 is 5.97 Å². The quantitative estimate of drug-likeness (QED) is 0.846. The zero-order chi connectivity index (χ0) is 14.7. The van der Waals surface area contributed by atoms with Gasteiger partial charge in [-0.15, -0.1) is 0 Å². The van der Waals surface area contributed by atoms with Gasteiger partial charge in [0.25, 0.3) is 0 Å². The molecule has 20 heavy (non-hydrogen) atoms. The maximum atomic E-state index is 11.8. The minimum absolute atomic E-state index is 0.0474. The minimum atomic E-state index is -0.943. The van der Waals surface area contributed by atoms with E-state index in [0.717, 1.165) is 5.56 Å². The first-order chi connectivity index (χ1) is 9.51. The summed E-state index contributed by atoms with van der Waals surface area (Å²) in [5, 5.41) is 18.5. The van der Waals surface area contributed by atoms with E-state index < -0.39 is 11.9 Å². The Hall–Kier alpha value is -2.24. The van der Waals surface area contributed by atoms with Crippen LogP contribution in [0.15, 0.2) is 18.2 Å². The molecule has 1 aromatic rings. The molecule has 1 atom stereocenters. The number of aromatic hydroxyl groups is 1. The predicted octanol–water partition coefficient (Wildman–Crippen LogP) is 1.22. The van der Waals surface area contributed by atoms with E-state index in [2.05, 4.69) is 0 Å². The lowest BCUT2D eigenvalue weighted by atomic mass is 10.1. The van der Waals surface area contributed by atoms with Gasteiger partial charge in [-0.1, -0.05) is 6.07 Å². The minimum Gasteiger partial charge on any atom is -0.504 e. The maximum Gasteiger partial charge on any atom is 0.308 e. The Morgan fingerprint density at radius 3 is 2.85 bits per heavy atom. The number of aliphatic carboxylic acids is 1. The second kappa shape index (κ2) is 5.81. The molecular weight excluding hydrogens is 262 g/mol. The Morgan fingerprint density at radius 2 is 2.25 bits per heavy atom. The van der Waals surface area contributed by atoms with Crippen LogP contribution in [0, 0.1) is 5.92 Å². The molecule has 2 rings (SSSR count). The van der Waals surface area contributed by atoms with Crippen LogP contribution in [0.5, 0.6) is 11.5 Å². The summed E-state index contributed by atoms with van der Waals surface area (Å²) in [4.78, 5) is 24.2. The standard InChI is InChI=1S/C14H17NO5/c1-2-20-12-5-9(3-4-11(12)16)7-15-8-10(14(18)19)6-13(15)17/h3-5,10,16H,2,6-8H2,1H3,(H,18,19). The van der Waals surface area contributed by atoms with E-state index in [1.165, 1.54) is 11.0 Å². The zero-order valence-corrected chi connectivity index (χ0v) is 11.2. The van der Waals surface area contributed by atoms with Crippen molar-refractivity contribution in [1.29, 1.82) is 0 Å². The summed E-state index contributed by atoms with van der Waals surface area (Å²) in [5.74, 6) is -1.32. The van der Waals surface area contributed by atoms with Gasteiger partial charge in [0, 0.05) is 19.5 Å². The van der Waals surface area contributed by atoms with Crippen LogP contribution in [0.1, 0.15) is 18.9 Å². The van der Waals surface area contributed by atoms with E-state index in [9.17, 15) is 14.7 Å². The molecule has 1 saturated heterocycles. The van der Waals surface area contributed by atoms with Gasteiger partial charge in [0.2, 0.25) is 5.91 Å². The normalized spacial score (nSPS) is 18.4. The number of carbonyl (C=O) groups is 2. The number of hydrogen-bond donors (Lipinski definition) is 2. The largest absolute Gasteiger partial charge is 0.504 e.